The number of Topliss-reactive ketones (excluding diaryl/α,β-unsaturated/α-hetero) is 2. The molecule has 6 unspecified atom stereocenters. The molecule has 0 radical (unpaired) electrons. The summed E-state index contributed by atoms with van der Waals surface area (Å²) in [6.45, 7) is 4.63. The van der Waals surface area contributed by atoms with Crippen LogP contribution in [0, 0.1) is 11.8 Å². The molecule has 0 spiro atoms. The quantitative estimate of drug-likeness (QED) is 0.752. The average molecular weight is 417 g/mol. The van der Waals surface area contributed by atoms with E-state index in [1.165, 1.54) is 0 Å². The van der Waals surface area contributed by atoms with Gasteiger partial charge in [0.2, 0.25) is 0 Å². The van der Waals surface area contributed by atoms with E-state index in [0.29, 0.717) is 35.7 Å². The van der Waals surface area contributed by atoms with Crippen LogP contribution in [0.1, 0.15) is 32.3 Å². The Morgan fingerprint density at radius 2 is 1.87 bits per heavy atom. The van der Waals surface area contributed by atoms with Gasteiger partial charge in [0.1, 0.15) is 11.5 Å². The van der Waals surface area contributed by atoms with Crippen LogP contribution < -0.4 is 19.7 Å². The van der Waals surface area contributed by atoms with Gasteiger partial charge in [-0.05, 0) is 39.3 Å². The Balaban J connectivity index is 1.99. The van der Waals surface area contributed by atoms with Crippen molar-refractivity contribution in [3.05, 3.63) is 17.7 Å². The van der Waals surface area contributed by atoms with Crippen molar-refractivity contribution in [3.63, 3.8) is 0 Å². The number of nitrogens with one attached hydrogen (secondary N) is 1. The summed E-state index contributed by atoms with van der Waals surface area (Å²) < 4.78 is 17.3. The van der Waals surface area contributed by atoms with Gasteiger partial charge in [-0.15, -0.1) is 0 Å². The fourth-order valence-corrected chi connectivity index (χ4v) is 5.88. The number of carbonyl (C=O) groups excluding carboxylic acids is 2. The summed E-state index contributed by atoms with van der Waals surface area (Å²) in [7, 11) is 6.94. The van der Waals surface area contributed by atoms with Crippen LogP contribution in [0.15, 0.2) is 12.1 Å². The number of ether oxygens (including phenoxy) is 3. The van der Waals surface area contributed by atoms with Crippen molar-refractivity contribution >= 4 is 17.3 Å². The van der Waals surface area contributed by atoms with Crippen molar-refractivity contribution in [2.24, 2.45) is 11.8 Å². The van der Waals surface area contributed by atoms with E-state index in [0.717, 1.165) is 6.42 Å². The lowest BCUT2D eigenvalue weighted by molar-refractivity contribution is -0.146. The summed E-state index contributed by atoms with van der Waals surface area (Å²) in [6, 6.07) is 3.87. The van der Waals surface area contributed by atoms with E-state index in [9.17, 15) is 9.59 Å². The van der Waals surface area contributed by atoms with Gasteiger partial charge in [0.15, 0.2) is 23.1 Å². The van der Waals surface area contributed by atoms with Gasteiger partial charge >= 0.3 is 0 Å². The fourth-order valence-electron chi connectivity index (χ4n) is 5.88. The monoisotopic (exact) mass is 416 g/mol. The second kappa shape index (κ2) is 7.54. The molecular weight excluding hydrogens is 384 g/mol. The smallest absolute Gasteiger partial charge is 0.184 e. The number of nitrogens with zero attached hydrogens (tertiary/aromatic N) is 1. The summed E-state index contributed by atoms with van der Waals surface area (Å²) in [4.78, 5) is 30.0. The molecule has 4 bridgehead atoms. The number of rotatable bonds is 4. The van der Waals surface area contributed by atoms with Crippen molar-refractivity contribution in [2.45, 2.75) is 50.4 Å². The number of hydrogen-bond acceptors (Lipinski definition) is 7. The highest BCUT2D eigenvalue weighted by Crippen LogP contribution is 2.54. The van der Waals surface area contributed by atoms with Crippen LogP contribution in [0.3, 0.4) is 0 Å². The number of ketones is 2. The van der Waals surface area contributed by atoms with Gasteiger partial charge in [-0.1, -0.05) is 6.07 Å². The number of methoxy groups -OCH3 is 2. The predicted octanol–water partition coefficient (Wildman–Crippen LogP) is 1.95. The molecule has 7 nitrogen and oxygen atoms in total. The van der Waals surface area contributed by atoms with Crippen molar-refractivity contribution < 1.29 is 23.8 Å². The topological polar surface area (TPSA) is 77.1 Å². The molecule has 3 saturated heterocycles. The third-order valence-corrected chi connectivity index (χ3v) is 7.16. The van der Waals surface area contributed by atoms with Gasteiger partial charge in [0, 0.05) is 31.6 Å². The Kier molecular flexibility index (Phi) is 5.31. The van der Waals surface area contributed by atoms with E-state index in [1.54, 1.807) is 20.3 Å². The molecule has 0 aromatic heterocycles. The highest BCUT2D eigenvalue weighted by Gasteiger charge is 2.66. The Labute approximate surface area is 178 Å². The lowest BCUT2D eigenvalue weighted by Crippen LogP contribution is -2.58. The molecule has 1 aromatic carbocycles. The predicted molar refractivity (Wildman–Crippen MR) is 114 cm³/mol. The fraction of sp³-hybridized carbons (Fsp3) is 0.652. The molecule has 164 valence electrons. The highest BCUT2D eigenvalue weighted by atomic mass is 16.5. The first-order valence-electron chi connectivity index (χ1n) is 10.7. The van der Waals surface area contributed by atoms with Gasteiger partial charge in [0.25, 0.3) is 0 Å². The number of carbonyl (C=O) groups is 2. The Hall–Kier alpha value is -2.12. The van der Waals surface area contributed by atoms with Crippen LogP contribution in [0.5, 0.6) is 11.5 Å². The molecule has 6 atom stereocenters. The van der Waals surface area contributed by atoms with E-state index < -0.39 is 11.5 Å². The van der Waals surface area contributed by atoms with Crippen LogP contribution in [0.2, 0.25) is 0 Å². The van der Waals surface area contributed by atoms with Gasteiger partial charge < -0.3 is 24.4 Å². The Bertz CT molecular complexity index is 869. The maximum atomic E-state index is 14.1. The lowest BCUT2D eigenvalue weighted by atomic mass is 9.57. The maximum absolute atomic E-state index is 14.1. The Morgan fingerprint density at radius 1 is 1.13 bits per heavy atom. The molecule has 30 heavy (non-hydrogen) atoms. The van der Waals surface area contributed by atoms with E-state index in [1.807, 2.05) is 32.0 Å². The third kappa shape index (κ3) is 2.78. The largest absolute Gasteiger partial charge is 0.493 e. The molecule has 7 heteroatoms. The van der Waals surface area contributed by atoms with Crippen molar-refractivity contribution in [1.82, 2.24) is 5.32 Å². The van der Waals surface area contributed by atoms with E-state index in [2.05, 4.69) is 12.2 Å². The molecule has 3 aliphatic heterocycles. The minimum atomic E-state index is -1.26. The second-order valence-corrected chi connectivity index (χ2v) is 9.02. The van der Waals surface area contributed by atoms with Gasteiger partial charge in [-0.2, -0.15) is 0 Å². The molecule has 1 aliphatic carbocycles. The molecule has 1 N–H and O–H groups in total. The van der Waals surface area contributed by atoms with E-state index in [4.69, 9.17) is 14.2 Å². The zero-order chi connectivity index (χ0) is 21.8. The van der Waals surface area contributed by atoms with Crippen LogP contribution in [0.4, 0.5) is 5.69 Å². The molecular formula is C23H32N2O5. The standard InChI is InChI=1S/C23H32N2O5/c1-12-11-14-17-13(2)30-19(14)22(27)23(21(17)26,9-10-24-12)15-7-8-16(28-5)20(29-6)18(15)25(3)4/h7-8,12-14,17,19,24H,9-11H2,1-6H3. The van der Waals surface area contributed by atoms with Crippen LogP contribution in [0.25, 0.3) is 0 Å². The first kappa shape index (κ1) is 21.1. The minimum absolute atomic E-state index is 0.00929. The first-order valence-corrected chi connectivity index (χ1v) is 10.7. The third-order valence-electron chi connectivity index (χ3n) is 7.16. The summed E-state index contributed by atoms with van der Waals surface area (Å²) in [5, 5.41) is 3.51. The molecule has 4 aliphatic rings. The normalized spacial score (nSPS) is 35.6. The SMILES string of the molecule is COc1ccc(C23CCNC(C)CC4C(OC(C)C4C2=O)C3=O)c(N(C)C)c1OC. The van der Waals surface area contributed by atoms with Crippen molar-refractivity contribution in [1.29, 1.82) is 0 Å². The van der Waals surface area contributed by atoms with E-state index in [-0.39, 0.29) is 35.5 Å². The first-order chi connectivity index (χ1) is 14.3. The lowest BCUT2D eigenvalue weighted by Gasteiger charge is -2.42. The zero-order valence-electron chi connectivity index (χ0n) is 18.7. The Morgan fingerprint density at radius 3 is 2.50 bits per heavy atom. The van der Waals surface area contributed by atoms with Crippen LogP contribution >= 0.6 is 0 Å². The molecule has 1 aromatic rings. The summed E-state index contributed by atoms with van der Waals surface area (Å²) >= 11 is 0. The minimum Gasteiger partial charge on any atom is -0.493 e. The van der Waals surface area contributed by atoms with E-state index >= 15 is 0 Å². The van der Waals surface area contributed by atoms with Gasteiger partial charge in [-0.25, -0.2) is 0 Å². The number of fused-ring (bicyclic) bond motifs is 4. The number of anilines is 1. The molecule has 4 fully saturated rings. The van der Waals surface area contributed by atoms with Gasteiger partial charge in [-0.3, -0.25) is 9.59 Å². The van der Waals surface area contributed by atoms with Crippen LogP contribution in [-0.4, -0.2) is 64.7 Å². The molecule has 5 rings (SSSR count). The highest BCUT2D eigenvalue weighted by molar-refractivity contribution is 6.19. The second-order valence-electron chi connectivity index (χ2n) is 9.02. The number of benzene rings is 1. The van der Waals surface area contributed by atoms with Crippen molar-refractivity contribution in [3.8, 4) is 11.5 Å². The zero-order valence-corrected chi connectivity index (χ0v) is 18.7. The van der Waals surface area contributed by atoms with Gasteiger partial charge in [0.05, 0.1) is 31.9 Å². The maximum Gasteiger partial charge on any atom is 0.184 e. The summed E-state index contributed by atoms with van der Waals surface area (Å²) in [6.07, 6.45) is 0.362. The molecule has 1 saturated carbocycles. The summed E-state index contributed by atoms with van der Waals surface area (Å²) in [5.74, 6) is 0.626. The molecule has 3 heterocycles. The van der Waals surface area contributed by atoms with Crippen molar-refractivity contribution in [2.75, 3.05) is 39.8 Å². The molecule has 0 amide bonds. The average Bonchev–Trinajstić information content (AvgIpc) is 3.03. The summed E-state index contributed by atoms with van der Waals surface area (Å²) in [5.41, 5.74) is 0.131. The number of hydrogen-bond donors (Lipinski definition) is 1. The van der Waals surface area contributed by atoms with Crippen LogP contribution in [-0.2, 0) is 19.7 Å².